The van der Waals surface area contributed by atoms with Crippen molar-refractivity contribution in [2.24, 2.45) is 0 Å². The molecule has 2 aromatic carbocycles. The summed E-state index contributed by atoms with van der Waals surface area (Å²) in [6.07, 6.45) is 0.810. The number of nitrogens with one attached hydrogen (secondary N) is 1. The Kier molecular flexibility index (Phi) is 4.53. The van der Waals surface area contributed by atoms with Crippen LogP contribution in [0.1, 0.15) is 17.0 Å². The van der Waals surface area contributed by atoms with E-state index in [0.717, 1.165) is 24.1 Å². The lowest BCUT2D eigenvalue weighted by Crippen LogP contribution is -2.19. The van der Waals surface area contributed by atoms with Gasteiger partial charge in [0.1, 0.15) is 11.6 Å². The van der Waals surface area contributed by atoms with E-state index >= 15 is 0 Å². The second-order valence-electron chi connectivity index (χ2n) is 4.68. The highest BCUT2D eigenvalue weighted by Crippen LogP contribution is 2.22. The summed E-state index contributed by atoms with van der Waals surface area (Å²) in [5.41, 5.74) is 2.12. The Bertz CT molecular complexity index is 525. The number of likely N-dealkylation sites (N-methyl/N-ethyl adjacent to an activating group) is 1. The highest BCUT2D eigenvalue weighted by atomic mass is 19.1. The van der Waals surface area contributed by atoms with E-state index in [1.165, 1.54) is 6.07 Å². The topological polar surface area (TPSA) is 32.3 Å². The maximum Gasteiger partial charge on any atom is 0.123 e. The first kappa shape index (κ1) is 13.6. The third-order valence-electron chi connectivity index (χ3n) is 3.19. The summed E-state index contributed by atoms with van der Waals surface area (Å²) in [6, 6.07) is 13.9. The predicted octanol–water partition coefficient (Wildman–Crippen LogP) is 3.08. The summed E-state index contributed by atoms with van der Waals surface area (Å²) < 4.78 is 13.3. The van der Waals surface area contributed by atoms with Gasteiger partial charge in [-0.2, -0.15) is 0 Å². The molecule has 0 bridgehead atoms. The largest absolute Gasteiger partial charge is 0.508 e. The maximum absolute atomic E-state index is 13.3. The third kappa shape index (κ3) is 3.80. The number of aromatic hydroxyl groups is 1. The van der Waals surface area contributed by atoms with E-state index < -0.39 is 0 Å². The SMILES string of the molecule is CNCC(Cc1ccc(O)cc1)c1cccc(F)c1. The molecule has 0 radical (unpaired) electrons. The van der Waals surface area contributed by atoms with Crippen molar-refractivity contribution < 1.29 is 9.50 Å². The molecule has 19 heavy (non-hydrogen) atoms. The van der Waals surface area contributed by atoms with Crippen LogP contribution in [0.2, 0.25) is 0 Å². The predicted molar refractivity (Wildman–Crippen MR) is 74.9 cm³/mol. The molecule has 0 spiro atoms. The van der Waals surface area contributed by atoms with Gasteiger partial charge in [0.25, 0.3) is 0 Å². The lowest BCUT2D eigenvalue weighted by molar-refractivity contribution is 0.475. The standard InChI is InChI=1S/C16H18FNO/c1-18-11-14(13-3-2-4-15(17)10-13)9-12-5-7-16(19)8-6-12/h2-8,10,14,18-19H,9,11H2,1H3. The van der Waals surface area contributed by atoms with Crippen LogP contribution in [0.4, 0.5) is 4.39 Å². The minimum Gasteiger partial charge on any atom is -0.508 e. The highest BCUT2D eigenvalue weighted by Gasteiger charge is 2.12. The van der Waals surface area contributed by atoms with Crippen LogP contribution in [0.25, 0.3) is 0 Å². The van der Waals surface area contributed by atoms with Crippen LogP contribution >= 0.6 is 0 Å². The first-order chi connectivity index (χ1) is 9.19. The van der Waals surface area contributed by atoms with Crippen LogP contribution in [-0.2, 0) is 6.42 Å². The van der Waals surface area contributed by atoms with Crippen LogP contribution in [0.15, 0.2) is 48.5 Å². The molecule has 0 amide bonds. The molecule has 2 aromatic rings. The maximum atomic E-state index is 13.3. The van der Waals surface area contributed by atoms with Crippen molar-refractivity contribution in [1.29, 1.82) is 0 Å². The smallest absolute Gasteiger partial charge is 0.123 e. The summed E-state index contributed by atoms with van der Waals surface area (Å²) >= 11 is 0. The zero-order valence-electron chi connectivity index (χ0n) is 10.9. The summed E-state index contributed by atoms with van der Waals surface area (Å²) in [6.45, 7) is 0.782. The monoisotopic (exact) mass is 259 g/mol. The van der Waals surface area contributed by atoms with Crippen molar-refractivity contribution in [3.8, 4) is 5.75 Å². The molecule has 0 heterocycles. The Morgan fingerprint density at radius 3 is 2.53 bits per heavy atom. The molecule has 2 N–H and O–H groups in total. The van der Waals surface area contributed by atoms with Gasteiger partial charge in [-0.1, -0.05) is 24.3 Å². The van der Waals surface area contributed by atoms with Crippen LogP contribution in [0.5, 0.6) is 5.75 Å². The lowest BCUT2D eigenvalue weighted by Gasteiger charge is -2.17. The van der Waals surface area contributed by atoms with Crippen molar-refractivity contribution in [2.75, 3.05) is 13.6 Å². The molecule has 0 aromatic heterocycles. The van der Waals surface area contributed by atoms with Crippen LogP contribution in [0.3, 0.4) is 0 Å². The Labute approximate surface area is 112 Å². The molecule has 0 aliphatic carbocycles. The Hall–Kier alpha value is -1.87. The number of hydrogen-bond acceptors (Lipinski definition) is 2. The van der Waals surface area contributed by atoms with Gasteiger partial charge in [0.15, 0.2) is 0 Å². The van der Waals surface area contributed by atoms with Gasteiger partial charge >= 0.3 is 0 Å². The van der Waals surface area contributed by atoms with E-state index in [4.69, 9.17) is 0 Å². The van der Waals surface area contributed by atoms with Crippen LogP contribution in [-0.4, -0.2) is 18.7 Å². The first-order valence-corrected chi connectivity index (χ1v) is 6.37. The fraction of sp³-hybridized carbons (Fsp3) is 0.250. The summed E-state index contributed by atoms with van der Waals surface area (Å²) in [7, 11) is 1.89. The molecule has 0 aliphatic heterocycles. The lowest BCUT2D eigenvalue weighted by atomic mass is 9.92. The van der Waals surface area contributed by atoms with Gasteiger partial charge in [-0.3, -0.25) is 0 Å². The molecule has 1 unspecified atom stereocenters. The first-order valence-electron chi connectivity index (χ1n) is 6.37. The number of benzene rings is 2. The summed E-state index contributed by atoms with van der Waals surface area (Å²) in [5, 5.41) is 12.4. The molecule has 2 nitrogen and oxygen atoms in total. The molecule has 1 atom stereocenters. The van der Waals surface area contributed by atoms with Gasteiger partial charge in [0.05, 0.1) is 0 Å². The number of phenolic OH excluding ortho intramolecular Hbond substituents is 1. The minimum absolute atomic E-state index is 0.204. The molecule has 0 saturated carbocycles. The average Bonchev–Trinajstić information content (AvgIpc) is 2.41. The Morgan fingerprint density at radius 2 is 1.89 bits per heavy atom. The zero-order chi connectivity index (χ0) is 13.7. The molecule has 2 rings (SSSR count). The Balaban J connectivity index is 2.18. The van der Waals surface area contributed by atoms with Crippen molar-refractivity contribution in [1.82, 2.24) is 5.32 Å². The van der Waals surface area contributed by atoms with Gasteiger partial charge < -0.3 is 10.4 Å². The van der Waals surface area contributed by atoms with Gasteiger partial charge in [-0.15, -0.1) is 0 Å². The molecular weight excluding hydrogens is 241 g/mol. The second kappa shape index (κ2) is 6.34. The van der Waals surface area contributed by atoms with E-state index in [0.29, 0.717) is 0 Å². The normalized spacial score (nSPS) is 12.3. The fourth-order valence-electron chi connectivity index (χ4n) is 2.23. The third-order valence-corrected chi connectivity index (χ3v) is 3.19. The number of rotatable bonds is 5. The quantitative estimate of drug-likeness (QED) is 0.865. The van der Waals surface area contributed by atoms with E-state index in [1.54, 1.807) is 24.3 Å². The number of phenols is 1. The van der Waals surface area contributed by atoms with Crippen molar-refractivity contribution >= 4 is 0 Å². The molecule has 100 valence electrons. The summed E-state index contributed by atoms with van der Waals surface area (Å²) in [5.74, 6) is 0.272. The molecule has 0 fully saturated rings. The van der Waals surface area contributed by atoms with Gasteiger partial charge in [0.2, 0.25) is 0 Å². The number of hydrogen-bond donors (Lipinski definition) is 2. The molecule has 0 saturated heterocycles. The van der Waals surface area contributed by atoms with Gasteiger partial charge in [-0.25, -0.2) is 4.39 Å². The molecule has 0 aliphatic rings. The van der Waals surface area contributed by atoms with E-state index in [-0.39, 0.29) is 17.5 Å². The van der Waals surface area contributed by atoms with Gasteiger partial charge in [-0.05, 0) is 48.9 Å². The summed E-state index contributed by atoms with van der Waals surface area (Å²) in [4.78, 5) is 0. The van der Waals surface area contributed by atoms with Crippen LogP contribution < -0.4 is 5.32 Å². The highest BCUT2D eigenvalue weighted by molar-refractivity contribution is 5.29. The molecule has 3 heteroatoms. The second-order valence-corrected chi connectivity index (χ2v) is 4.68. The van der Waals surface area contributed by atoms with Crippen molar-refractivity contribution in [3.05, 3.63) is 65.5 Å². The minimum atomic E-state index is -0.204. The van der Waals surface area contributed by atoms with Crippen LogP contribution in [0, 0.1) is 5.82 Å². The zero-order valence-corrected chi connectivity index (χ0v) is 10.9. The van der Waals surface area contributed by atoms with E-state index in [9.17, 15) is 9.50 Å². The number of halogens is 1. The average molecular weight is 259 g/mol. The van der Waals surface area contributed by atoms with E-state index in [2.05, 4.69) is 5.32 Å². The van der Waals surface area contributed by atoms with Gasteiger partial charge in [0, 0.05) is 12.5 Å². The fourth-order valence-corrected chi connectivity index (χ4v) is 2.23. The van der Waals surface area contributed by atoms with Crippen molar-refractivity contribution in [3.63, 3.8) is 0 Å². The van der Waals surface area contributed by atoms with Crippen molar-refractivity contribution in [2.45, 2.75) is 12.3 Å². The Morgan fingerprint density at radius 1 is 1.16 bits per heavy atom. The van der Waals surface area contributed by atoms with E-state index in [1.807, 2.05) is 25.2 Å². The molecular formula is C16H18FNO.